The van der Waals surface area contributed by atoms with Crippen LogP contribution in [0.1, 0.15) is 5.69 Å². The zero-order chi connectivity index (χ0) is 7.40. The molecule has 1 aromatic heterocycles. The van der Waals surface area contributed by atoms with E-state index < -0.39 is 0 Å². The second-order valence-electron chi connectivity index (χ2n) is 1.68. The number of hydrogen-bond acceptors (Lipinski definition) is 4. The minimum Gasteiger partial charge on any atom is -0.502 e. The van der Waals surface area contributed by atoms with Gasteiger partial charge in [0.15, 0.2) is 5.05 Å². The van der Waals surface area contributed by atoms with Gasteiger partial charge in [-0.2, -0.15) is 0 Å². The fourth-order valence-electron chi connectivity index (χ4n) is 0.515. The average molecular weight is 155 g/mol. The molecule has 5 heteroatoms. The van der Waals surface area contributed by atoms with E-state index in [2.05, 4.69) is 27.6 Å². The van der Waals surface area contributed by atoms with Crippen LogP contribution >= 0.6 is 12.2 Å². The van der Waals surface area contributed by atoms with E-state index in [1.807, 2.05) is 0 Å². The first kappa shape index (κ1) is 7.01. The summed E-state index contributed by atoms with van der Waals surface area (Å²) in [7, 11) is 0. The van der Waals surface area contributed by atoms with Crippen molar-refractivity contribution in [1.82, 2.24) is 15.4 Å². The molecule has 0 amide bonds. The smallest absolute Gasteiger partial charge is 0.162 e. The highest BCUT2D eigenvalue weighted by Crippen LogP contribution is 1.91. The fourth-order valence-corrected chi connectivity index (χ4v) is 0.663. The normalized spacial score (nSPS) is 9.20. The van der Waals surface area contributed by atoms with E-state index in [9.17, 15) is 0 Å². The molecule has 0 atom stereocenters. The molecular weight excluding hydrogens is 150 g/mol. The third kappa shape index (κ3) is 2.02. The SMILES string of the molecule is OC(=S)Cc1ccnnn1. The Morgan fingerprint density at radius 3 is 3.00 bits per heavy atom. The van der Waals surface area contributed by atoms with Gasteiger partial charge in [-0.15, -0.1) is 10.2 Å². The molecule has 0 saturated carbocycles. The maximum Gasteiger partial charge on any atom is 0.162 e. The summed E-state index contributed by atoms with van der Waals surface area (Å²) in [5.41, 5.74) is 0.627. The van der Waals surface area contributed by atoms with Gasteiger partial charge in [-0.3, -0.25) is 0 Å². The molecule has 0 saturated heterocycles. The van der Waals surface area contributed by atoms with Crippen molar-refractivity contribution in [3.05, 3.63) is 18.0 Å². The van der Waals surface area contributed by atoms with E-state index in [1.165, 1.54) is 6.20 Å². The number of thiocarbonyl (C=S) groups is 1. The molecule has 1 N–H and O–H groups in total. The van der Waals surface area contributed by atoms with Crippen molar-refractivity contribution in [1.29, 1.82) is 0 Å². The molecule has 1 rings (SSSR count). The van der Waals surface area contributed by atoms with Gasteiger partial charge in [-0.25, -0.2) is 0 Å². The lowest BCUT2D eigenvalue weighted by Crippen LogP contribution is -2.01. The molecule has 4 nitrogen and oxygen atoms in total. The number of aromatic nitrogens is 3. The Morgan fingerprint density at radius 2 is 2.50 bits per heavy atom. The molecule has 0 aliphatic rings. The summed E-state index contributed by atoms with van der Waals surface area (Å²) < 4.78 is 0. The molecule has 0 unspecified atom stereocenters. The van der Waals surface area contributed by atoms with Crippen LogP contribution in [0.4, 0.5) is 0 Å². The van der Waals surface area contributed by atoms with Crippen LogP contribution < -0.4 is 0 Å². The molecule has 0 spiro atoms. The summed E-state index contributed by atoms with van der Waals surface area (Å²) in [4.78, 5) is 0. The van der Waals surface area contributed by atoms with Crippen LogP contribution in [0.5, 0.6) is 0 Å². The lowest BCUT2D eigenvalue weighted by atomic mass is 10.3. The first-order chi connectivity index (χ1) is 4.79. The number of nitrogens with zero attached hydrogens (tertiary/aromatic N) is 3. The Morgan fingerprint density at radius 1 is 1.70 bits per heavy atom. The minimum absolute atomic E-state index is 0.0829. The molecule has 10 heavy (non-hydrogen) atoms. The largest absolute Gasteiger partial charge is 0.502 e. The van der Waals surface area contributed by atoms with Crippen molar-refractivity contribution < 1.29 is 5.11 Å². The Balaban J connectivity index is 2.67. The van der Waals surface area contributed by atoms with E-state index in [0.717, 1.165) is 0 Å². The van der Waals surface area contributed by atoms with Crippen LogP contribution in [0, 0.1) is 0 Å². The maximum atomic E-state index is 8.65. The molecular formula is C5H5N3OS. The van der Waals surface area contributed by atoms with Crippen LogP contribution in [-0.2, 0) is 6.42 Å². The molecule has 0 aliphatic heterocycles. The molecule has 0 aromatic carbocycles. The summed E-state index contributed by atoms with van der Waals surface area (Å²) in [5.74, 6) is 0. The summed E-state index contributed by atoms with van der Waals surface area (Å²) >= 11 is 4.44. The van der Waals surface area contributed by atoms with E-state index in [1.54, 1.807) is 6.07 Å². The first-order valence-corrected chi connectivity index (χ1v) is 3.05. The highest BCUT2D eigenvalue weighted by Gasteiger charge is 1.96. The summed E-state index contributed by atoms with van der Waals surface area (Å²) in [6, 6.07) is 1.65. The number of aliphatic hydroxyl groups is 1. The molecule has 0 radical (unpaired) electrons. The Kier molecular flexibility index (Phi) is 2.22. The third-order valence-electron chi connectivity index (χ3n) is 0.891. The Hall–Kier alpha value is -1.10. The Labute approximate surface area is 62.9 Å². The van der Waals surface area contributed by atoms with E-state index in [4.69, 9.17) is 5.11 Å². The van der Waals surface area contributed by atoms with Crippen molar-refractivity contribution >= 4 is 17.3 Å². The van der Waals surface area contributed by atoms with Crippen LogP contribution in [0.2, 0.25) is 0 Å². The monoisotopic (exact) mass is 155 g/mol. The van der Waals surface area contributed by atoms with Gasteiger partial charge < -0.3 is 5.11 Å². The predicted molar refractivity (Wildman–Crippen MR) is 38.8 cm³/mol. The summed E-state index contributed by atoms with van der Waals surface area (Å²) in [5, 5.41) is 19.0. The van der Waals surface area contributed by atoms with Gasteiger partial charge in [0.05, 0.1) is 18.3 Å². The van der Waals surface area contributed by atoms with E-state index in [0.29, 0.717) is 5.69 Å². The Bertz CT molecular complexity index is 226. The van der Waals surface area contributed by atoms with E-state index >= 15 is 0 Å². The van der Waals surface area contributed by atoms with Gasteiger partial charge in [-0.1, -0.05) is 0 Å². The highest BCUT2D eigenvalue weighted by atomic mass is 32.1. The standard InChI is InChI=1S/C5H5N3OS/c9-5(10)3-4-1-2-6-8-7-4/h1-2H,3H2,(H,9,10). The van der Waals surface area contributed by atoms with E-state index in [-0.39, 0.29) is 11.5 Å². The van der Waals surface area contributed by atoms with Gasteiger partial charge in [0, 0.05) is 0 Å². The van der Waals surface area contributed by atoms with Crippen LogP contribution in [-0.4, -0.2) is 25.6 Å². The van der Waals surface area contributed by atoms with Crippen molar-refractivity contribution in [2.45, 2.75) is 6.42 Å². The van der Waals surface area contributed by atoms with Gasteiger partial charge in [0.2, 0.25) is 0 Å². The maximum absolute atomic E-state index is 8.65. The lowest BCUT2D eigenvalue weighted by Gasteiger charge is -1.91. The quantitative estimate of drug-likeness (QED) is 0.622. The van der Waals surface area contributed by atoms with Gasteiger partial charge in [0.1, 0.15) is 0 Å². The van der Waals surface area contributed by atoms with Crippen molar-refractivity contribution in [2.24, 2.45) is 0 Å². The summed E-state index contributed by atoms with van der Waals surface area (Å²) in [6.45, 7) is 0. The van der Waals surface area contributed by atoms with Crippen LogP contribution in [0.3, 0.4) is 0 Å². The molecule has 1 heterocycles. The molecule has 52 valence electrons. The average Bonchev–Trinajstić information content (AvgIpc) is 1.88. The topological polar surface area (TPSA) is 58.9 Å². The number of rotatable bonds is 2. The lowest BCUT2D eigenvalue weighted by molar-refractivity contribution is 0.553. The highest BCUT2D eigenvalue weighted by molar-refractivity contribution is 7.80. The second kappa shape index (κ2) is 3.17. The fraction of sp³-hybridized carbons (Fsp3) is 0.200. The zero-order valence-corrected chi connectivity index (χ0v) is 5.88. The second-order valence-corrected chi connectivity index (χ2v) is 2.15. The van der Waals surface area contributed by atoms with Gasteiger partial charge in [-0.05, 0) is 23.5 Å². The minimum atomic E-state index is -0.0829. The van der Waals surface area contributed by atoms with Crippen molar-refractivity contribution in [3.63, 3.8) is 0 Å². The number of hydrogen-bond donors (Lipinski definition) is 1. The molecule has 0 fully saturated rings. The van der Waals surface area contributed by atoms with Gasteiger partial charge >= 0.3 is 0 Å². The molecule has 0 bridgehead atoms. The first-order valence-electron chi connectivity index (χ1n) is 2.64. The third-order valence-corrected chi connectivity index (χ3v) is 1.04. The number of aliphatic hydroxyl groups excluding tert-OH is 1. The zero-order valence-electron chi connectivity index (χ0n) is 5.06. The summed E-state index contributed by atoms with van der Waals surface area (Å²) in [6.07, 6.45) is 1.77. The van der Waals surface area contributed by atoms with Crippen molar-refractivity contribution in [3.8, 4) is 0 Å². The predicted octanol–water partition coefficient (Wildman–Crippen LogP) is 0.299. The van der Waals surface area contributed by atoms with Crippen LogP contribution in [0.15, 0.2) is 12.3 Å². The molecule has 0 aliphatic carbocycles. The van der Waals surface area contributed by atoms with Gasteiger partial charge in [0.25, 0.3) is 0 Å². The molecule has 1 aromatic rings. The van der Waals surface area contributed by atoms with Crippen molar-refractivity contribution in [2.75, 3.05) is 0 Å². The van der Waals surface area contributed by atoms with Crippen LogP contribution in [0.25, 0.3) is 0 Å².